The molecule has 0 saturated carbocycles. The number of nitrogens with zero attached hydrogens (tertiary/aromatic N) is 1. The second-order valence-electron chi connectivity index (χ2n) is 7.68. The number of halogens is 1. The van der Waals surface area contributed by atoms with Crippen molar-refractivity contribution in [2.24, 2.45) is 0 Å². The van der Waals surface area contributed by atoms with Crippen LogP contribution in [0.15, 0.2) is 54.6 Å². The van der Waals surface area contributed by atoms with Crippen LogP contribution in [0.4, 0.5) is 0 Å². The lowest BCUT2D eigenvalue weighted by Crippen LogP contribution is -2.32. The van der Waals surface area contributed by atoms with Crippen molar-refractivity contribution in [3.8, 4) is 5.75 Å². The number of hydrogen-bond donors (Lipinski definition) is 0. The van der Waals surface area contributed by atoms with Crippen molar-refractivity contribution >= 4 is 23.1 Å². The SMILES string of the molecule is CCOC(=O)[C@H](Cc1ccc(OCCN2CC=C(c3ccc(Cl)cc3)CC2)cc1)OCC. The molecule has 0 spiro atoms. The Labute approximate surface area is 195 Å². The van der Waals surface area contributed by atoms with Gasteiger partial charge in [-0.3, -0.25) is 4.90 Å². The first kappa shape index (κ1) is 24.3. The Morgan fingerprint density at radius 2 is 1.81 bits per heavy atom. The van der Waals surface area contributed by atoms with Crippen LogP contribution in [0.25, 0.3) is 5.57 Å². The number of hydrogen-bond acceptors (Lipinski definition) is 5. The molecule has 1 heterocycles. The van der Waals surface area contributed by atoms with Crippen molar-refractivity contribution in [1.82, 2.24) is 4.90 Å². The Balaban J connectivity index is 1.43. The lowest BCUT2D eigenvalue weighted by molar-refractivity contribution is -0.156. The third kappa shape index (κ3) is 7.37. The van der Waals surface area contributed by atoms with Gasteiger partial charge >= 0.3 is 5.97 Å². The monoisotopic (exact) mass is 457 g/mol. The summed E-state index contributed by atoms with van der Waals surface area (Å²) in [5, 5.41) is 0.769. The zero-order valence-corrected chi connectivity index (χ0v) is 19.6. The Morgan fingerprint density at radius 1 is 1.06 bits per heavy atom. The van der Waals surface area contributed by atoms with Gasteiger partial charge in [-0.05, 0) is 61.2 Å². The first-order chi connectivity index (χ1) is 15.6. The number of benzene rings is 2. The number of esters is 1. The summed E-state index contributed by atoms with van der Waals surface area (Å²) in [6.07, 6.45) is 3.23. The van der Waals surface area contributed by atoms with Gasteiger partial charge in [-0.25, -0.2) is 4.79 Å². The van der Waals surface area contributed by atoms with E-state index in [1.807, 2.05) is 43.3 Å². The van der Waals surface area contributed by atoms with Crippen LogP contribution >= 0.6 is 11.6 Å². The number of ether oxygens (including phenoxy) is 3. The summed E-state index contributed by atoms with van der Waals surface area (Å²) in [5.41, 5.74) is 3.64. The number of rotatable bonds is 11. The van der Waals surface area contributed by atoms with E-state index in [1.54, 1.807) is 6.92 Å². The van der Waals surface area contributed by atoms with Crippen LogP contribution < -0.4 is 4.74 Å². The Bertz CT molecular complexity index is 880. The summed E-state index contributed by atoms with van der Waals surface area (Å²) in [7, 11) is 0. The van der Waals surface area contributed by atoms with Crippen molar-refractivity contribution in [3.05, 3.63) is 70.8 Å². The topological polar surface area (TPSA) is 48.0 Å². The smallest absolute Gasteiger partial charge is 0.335 e. The van der Waals surface area contributed by atoms with Gasteiger partial charge in [-0.15, -0.1) is 0 Å². The molecule has 1 aliphatic heterocycles. The molecule has 0 saturated heterocycles. The van der Waals surface area contributed by atoms with Gasteiger partial charge in [-0.1, -0.05) is 41.9 Å². The van der Waals surface area contributed by atoms with Gasteiger partial charge in [0.05, 0.1) is 6.61 Å². The normalized spacial score (nSPS) is 15.2. The van der Waals surface area contributed by atoms with E-state index >= 15 is 0 Å². The summed E-state index contributed by atoms with van der Waals surface area (Å²) in [5.74, 6) is 0.511. The maximum atomic E-state index is 12.0. The van der Waals surface area contributed by atoms with E-state index in [1.165, 1.54) is 11.1 Å². The van der Waals surface area contributed by atoms with E-state index in [0.29, 0.717) is 26.2 Å². The second-order valence-corrected chi connectivity index (χ2v) is 8.12. The van der Waals surface area contributed by atoms with Gasteiger partial charge in [0.1, 0.15) is 12.4 Å². The van der Waals surface area contributed by atoms with Gasteiger partial charge < -0.3 is 14.2 Å². The van der Waals surface area contributed by atoms with Crippen LogP contribution in [0.3, 0.4) is 0 Å². The first-order valence-electron chi connectivity index (χ1n) is 11.3. The van der Waals surface area contributed by atoms with E-state index < -0.39 is 6.10 Å². The Morgan fingerprint density at radius 3 is 2.44 bits per heavy atom. The van der Waals surface area contributed by atoms with E-state index in [2.05, 4.69) is 23.1 Å². The van der Waals surface area contributed by atoms with Gasteiger partial charge in [0.2, 0.25) is 0 Å². The van der Waals surface area contributed by atoms with E-state index in [9.17, 15) is 4.79 Å². The van der Waals surface area contributed by atoms with Crippen LogP contribution in [0.1, 0.15) is 31.4 Å². The molecule has 0 N–H and O–H groups in total. The summed E-state index contributed by atoms with van der Waals surface area (Å²) in [6.45, 7) is 7.94. The number of carbonyl (C=O) groups excluding carboxylic acids is 1. The molecule has 0 aliphatic carbocycles. The van der Waals surface area contributed by atoms with Crippen LogP contribution in [-0.4, -0.2) is 56.4 Å². The maximum Gasteiger partial charge on any atom is 0.335 e. The fourth-order valence-corrected chi connectivity index (χ4v) is 3.84. The van der Waals surface area contributed by atoms with Crippen LogP contribution in [0, 0.1) is 0 Å². The first-order valence-corrected chi connectivity index (χ1v) is 11.6. The maximum absolute atomic E-state index is 12.0. The van der Waals surface area contributed by atoms with E-state index in [4.69, 9.17) is 25.8 Å². The van der Waals surface area contributed by atoms with Crippen molar-refractivity contribution in [1.29, 1.82) is 0 Å². The summed E-state index contributed by atoms with van der Waals surface area (Å²) >= 11 is 5.98. The molecule has 0 bridgehead atoms. The minimum Gasteiger partial charge on any atom is -0.492 e. The van der Waals surface area contributed by atoms with E-state index in [0.717, 1.165) is 42.4 Å². The predicted molar refractivity (Wildman–Crippen MR) is 128 cm³/mol. The van der Waals surface area contributed by atoms with Gasteiger partial charge in [0, 0.05) is 37.7 Å². The highest BCUT2D eigenvalue weighted by Crippen LogP contribution is 2.23. The van der Waals surface area contributed by atoms with E-state index in [-0.39, 0.29) is 5.97 Å². The number of carbonyl (C=O) groups is 1. The second kappa shape index (κ2) is 12.6. The molecule has 1 atom stereocenters. The Kier molecular flexibility index (Phi) is 9.60. The molecule has 2 aromatic carbocycles. The zero-order chi connectivity index (χ0) is 22.8. The average Bonchev–Trinajstić information content (AvgIpc) is 2.81. The fraction of sp³-hybridized carbons (Fsp3) is 0.423. The highest BCUT2D eigenvalue weighted by Gasteiger charge is 2.20. The lowest BCUT2D eigenvalue weighted by atomic mass is 10.00. The minimum absolute atomic E-state index is 0.315. The predicted octanol–water partition coefficient (Wildman–Crippen LogP) is 5.02. The molecule has 0 aromatic heterocycles. The average molecular weight is 458 g/mol. The zero-order valence-electron chi connectivity index (χ0n) is 18.9. The molecule has 3 rings (SSSR count). The lowest BCUT2D eigenvalue weighted by Gasteiger charge is -2.26. The molecule has 0 amide bonds. The molecule has 1 aliphatic rings. The minimum atomic E-state index is -0.573. The molecule has 2 aromatic rings. The molecule has 0 fully saturated rings. The molecule has 32 heavy (non-hydrogen) atoms. The molecular formula is C26H32ClNO4. The molecule has 0 unspecified atom stereocenters. The summed E-state index contributed by atoms with van der Waals surface area (Å²) in [4.78, 5) is 14.4. The molecule has 6 heteroatoms. The van der Waals surface area contributed by atoms with Crippen LogP contribution in [-0.2, 0) is 20.7 Å². The Hall–Kier alpha value is -2.34. The summed E-state index contributed by atoms with van der Waals surface area (Å²) < 4.78 is 16.6. The third-order valence-electron chi connectivity index (χ3n) is 5.45. The van der Waals surface area contributed by atoms with Crippen LogP contribution in [0.5, 0.6) is 5.75 Å². The van der Waals surface area contributed by atoms with Crippen molar-refractivity contribution < 1.29 is 19.0 Å². The molecule has 5 nitrogen and oxygen atoms in total. The molecular weight excluding hydrogens is 426 g/mol. The van der Waals surface area contributed by atoms with Gasteiger partial charge in [0.15, 0.2) is 6.10 Å². The fourth-order valence-electron chi connectivity index (χ4n) is 3.72. The molecule has 172 valence electrons. The highest BCUT2D eigenvalue weighted by atomic mass is 35.5. The molecule has 0 radical (unpaired) electrons. The van der Waals surface area contributed by atoms with Gasteiger partial charge in [0.25, 0.3) is 0 Å². The van der Waals surface area contributed by atoms with Crippen molar-refractivity contribution in [2.75, 3.05) is 39.5 Å². The van der Waals surface area contributed by atoms with Gasteiger partial charge in [-0.2, -0.15) is 0 Å². The largest absolute Gasteiger partial charge is 0.492 e. The van der Waals surface area contributed by atoms with Crippen molar-refractivity contribution in [3.63, 3.8) is 0 Å². The summed E-state index contributed by atoms with van der Waals surface area (Å²) in [6, 6.07) is 15.9. The van der Waals surface area contributed by atoms with Crippen molar-refractivity contribution in [2.45, 2.75) is 32.8 Å². The highest BCUT2D eigenvalue weighted by molar-refractivity contribution is 6.30. The third-order valence-corrected chi connectivity index (χ3v) is 5.70. The van der Waals surface area contributed by atoms with Crippen LogP contribution in [0.2, 0.25) is 5.02 Å². The quantitative estimate of drug-likeness (QED) is 0.443. The standard InChI is InChI=1S/C26H32ClNO4/c1-3-30-25(26(29)31-4-2)19-20-5-11-24(12-6-20)32-18-17-28-15-13-22(14-16-28)21-7-9-23(27)10-8-21/h5-13,25H,3-4,14-19H2,1-2H3/t25-/m0/s1.